The lowest BCUT2D eigenvalue weighted by molar-refractivity contribution is -0.134. The summed E-state index contributed by atoms with van der Waals surface area (Å²) in [5, 5.41) is 4.02. The van der Waals surface area contributed by atoms with E-state index in [1.165, 1.54) is 6.42 Å². The third-order valence-electron chi connectivity index (χ3n) is 3.89. The Hall–Kier alpha value is -1.06. The van der Waals surface area contributed by atoms with Crippen LogP contribution in [-0.2, 0) is 4.79 Å². The van der Waals surface area contributed by atoms with Crippen LogP contribution in [0.1, 0.15) is 37.8 Å². The highest BCUT2D eigenvalue weighted by Gasteiger charge is 2.26. The fourth-order valence-electron chi connectivity index (χ4n) is 2.46. The van der Waals surface area contributed by atoms with Crippen LogP contribution in [0.4, 0.5) is 0 Å². The molecule has 0 bridgehead atoms. The van der Waals surface area contributed by atoms with Crippen molar-refractivity contribution >= 4 is 17.5 Å². The van der Waals surface area contributed by atoms with Crippen LogP contribution in [0.2, 0.25) is 5.02 Å². The Bertz CT molecular complexity index is 426. The fraction of sp³-hybridized carbons (Fsp3) is 0.533. The van der Waals surface area contributed by atoms with Gasteiger partial charge in [0, 0.05) is 12.1 Å². The molecule has 1 amide bonds. The zero-order chi connectivity index (χ0) is 13.8. The lowest BCUT2D eigenvalue weighted by Crippen LogP contribution is -2.47. The highest BCUT2D eigenvalue weighted by atomic mass is 35.5. The third kappa shape index (κ3) is 3.48. The van der Waals surface area contributed by atoms with E-state index in [4.69, 9.17) is 11.6 Å². The maximum Gasteiger partial charge on any atom is 0.239 e. The Kier molecular flexibility index (Phi) is 4.83. The molecule has 0 aromatic heterocycles. The van der Waals surface area contributed by atoms with Gasteiger partial charge in [-0.3, -0.25) is 4.79 Å². The molecule has 2 rings (SSSR count). The first kappa shape index (κ1) is 14.4. The van der Waals surface area contributed by atoms with Gasteiger partial charge in [-0.05, 0) is 44.0 Å². The van der Waals surface area contributed by atoms with Gasteiger partial charge in [-0.15, -0.1) is 0 Å². The second-order valence-electron chi connectivity index (χ2n) is 5.18. The largest absolute Gasteiger partial charge is 0.338 e. The van der Waals surface area contributed by atoms with E-state index >= 15 is 0 Å². The maximum atomic E-state index is 12.4. The van der Waals surface area contributed by atoms with Crippen molar-refractivity contribution in [3.63, 3.8) is 0 Å². The predicted octanol–water partition coefficient (Wildman–Crippen LogP) is 3.00. The van der Waals surface area contributed by atoms with Crippen LogP contribution >= 0.6 is 11.6 Å². The van der Waals surface area contributed by atoms with Crippen LogP contribution in [0.25, 0.3) is 0 Å². The van der Waals surface area contributed by atoms with Crippen LogP contribution in [0.5, 0.6) is 0 Å². The molecule has 0 saturated carbocycles. The number of carbonyl (C=O) groups excluding carboxylic acids is 1. The molecule has 1 saturated heterocycles. The normalized spacial score (nSPS) is 20.9. The number of piperidine rings is 1. The molecule has 1 aliphatic rings. The van der Waals surface area contributed by atoms with Crippen molar-refractivity contribution in [2.75, 3.05) is 13.6 Å². The fourth-order valence-corrected chi connectivity index (χ4v) is 2.59. The number of carbonyl (C=O) groups is 1. The van der Waals surface area contributed by atoms with Crippen molar-refractivity contribution in [2.24, 2.45) is 0 Å². The Morgan fingerprint density at radius 3 is 2.63 bits per heavy atom. The van der Waals surface area contributed by atoms with Crippen LogP contribution in [0.3, 0.4) is 0 Å². The molecule has 1 heterocycles. The zero-order valence-electron chi connectivity index (χ0n) is 11.5. The lowest BCUT2D eigenvalue weighted by atomic mass is 10.0. The summed E-state index contributed by atoms with van der Waals surface area (Å²) < 4.78 is 0. The molecule has 1 fully saturated rings. The van der Waals surface area contributed by atoms with Crippen molar-refractivity contribution in [1.82, 2.24) is 10.2 Å². The van der Waals surface area contributed by atoms with Crippen molar-refractivity contribution in [3.8, 4) is 0 Å². The zero-order valence-corrected chi connectivity index (χ0v) is 12.3. The van der Waals surface area contributed by atoms with E-state index < -0.39 is 0 Å². The Morgan fingerprint density at radius 1 is 1.37 bits per heavy atom. The predicted molar refractivity (Wildman–Crippen MR) is 78.3 cm³/mol. The highest BCUT2D eigenvalue weighted by molar-refractivity contribution is 6.30. The summed E-state index contributed by atoms with van der Waals surface area (Å²) >= 11 is 5.89. The van der Waals surface area contributed by atoms with Gasteiger partial charge in [-0.1, -0.05) is 30.2 Å². The van der Waals surface area contributed by atoms with E-state index in [2.05, 4.69) is 5.32 Å². The minimum atomic E-state index is -0.0199. The Morgan fingerprint density at radius 2 is 2.05 bits per heavy atom. The summed E-state index contributed by atoms with van der Waals surface area (Å²) in [6, 6.07) is 7.73. The average Bonchev–Trinajstić information content (AvgIpc) is 2.46. The molecule has 0 aliphatic carbocycles. The minimum absolute atomic E-state index is 0.0199. The second-order valence-corrected chi connectivity index (χ2v) is 5.62. The van der Waals surface area contributed by atoms with Crippen molar-refractivity contribution < 1.29 is 4.79 Å². The molecule has 1 aromatic rings. The summed E-state index contributed by atoms with van der Waals surface area (Å²) in [4.78, 5) is 14.2. The Balaban J connectivity index is 2.03. The van der Waals surface area contributed by atoms with E-state index in [1.54, 1.807) is 0 Å². The van der Waals surface area contributed by atoms with E-state index in [9.17, 15) is 4.79 Å². The molecule has 1 aliphatic heterocycles. The van der Waals surface area contributed by atoms with Gasteiger partial charge in [0.05, 0.1) is 12.1 Å². The number of hydrogen-bond donors (Lipinski definition) is 1. The first-order valence-corrected chi connectivity index (χ1v) is 7.23. The third-order valence-corrected chi connectivity index (χ3v) is 4.14. The lowest BCUT2D eigenvalue weighted by Gasteiger charge is -2.31. The molecule has 3 nitrogen and oxygen atoms in total. The number of halogens is 1. The SMILES string of the molecule is CC(c1ccc(Cl)cc1)N(C)C(=O)[C@H]1CCCCN1. The molecule has 104 valence electrons. The molecule has 1 aromatic carbocycles. The van der Waals surface area contributed by atoms with Gasteiger partial charge >= 0.3 is 0 Å². The van der Waals surface area contributed by atoms with Gasteiger partial charge in [0.25, 0.3) is 0 Å². The highest BCUT2D eigenvalue weighted by Crippen LogP contribution is 2.22. The number of nitrogens with one attached hydrogen (secondary N) is 1. The number of nitrogens with zero attached hydrogens (tertiary/aromatic N) is 1. The molecule has 19 heavy (non-hydrogen) atoms. The number of rotatable bonds is 3. The number of likely N-dealkylation sites (N-methyl/N-ethyl adjacent to an activating group) is 1. The van der Waals surface area contributed by atoms with Gasteiger partial charge in [0.2, 0.25) is 5.91 Å². The molecule has 4 heteroatoms. The van der Waals surface area contributed by atoms with Crippen molar-refractivity contribution in [1.29, 1.82) is 0 Å². The van der Waals surface area contributed by atoms with E-state index in [-0.39, 0.29) is 18.0 Å². The second kappa shape index (κ2) is 6.40. The maximum absolute atomic E-state index is 12.4. The minimum Gasteiger partial charge on any atom is -0.338 e. The number of hydrogen-bond acceptors (Lipinski definition) is 2. The Labute approximate surface area is 119 Å². The number of benzene rings is 1. The smallest absolute Gasteiger partial charge is 0.239 e. The van der Waals surface area contributed by atoms with Crippen LogP contribution in [0, 0.1) is 0 Å². The van der Waals surface area contributed by atoms with Crippen LogP contribution in [-0.4, -0.2) is 30.4 Å². The monoisotopic (exact) mass is 280 g/mol. The van der Waals surface area contributed by atoms with E-state index in [0.717, 1.165) is 30.0 Å². The summed E-state index contributed by atoms with van der Waals surface area (Å²) in [5.74, 6) is 0.183. The van der Waals surface area contributed by atoms with Crippen LogP contribution < -0.4 is 5.32 Å². The molecule has 0 radical (unpaired) electrons. The van der Waals surface area contributed by atoms with E-state index in [0.29, 0.717) is 0 Å². The van der Waals surface area contributed by atoms with Gasteiger partial charge < -0.3 is 10.2 Å². The molecular weight excluding hydrogens is 260 g/mol. The molecular formula is C15H21ClN2O. The molecule has 1 unspecified atom stereocenters. The van der Waals surface area contributed by atoms with Gasteiger partial charge in [0.15, 0.2) is 0 Å². The average molecular weight is 281 g/mol. The first-order chi connectivity index (χ1) is 9.09. The molecule has 2 atom stereocenters. The van der Waals surface area contributed by atoms with Gasteiger partial charge in [-0.2, -0.15) is 0 Å². The first-order valence-electron chi connectivity index (χ1n) is 6.85. The summed E-state index contributed by atoms with van der Waals surface area (Å²) in [6.45, 7) is 2.99. The summed E-state index contributed by atoms with van der Waals surface area (Å²) in [5.41, 5.74) is 1.11. The standard InChI is InChI=1S/C15H21ClN2O/c1-11(12-6-8-13(16)9-7-12)18(2)15(19)14-5-3-4-10-17-14/h6-9,11,14,17H,3-5,10H2,1-2H3/t11?,14-/m1/s1. The number of amides is 1. The van der Waals surface area contributed by atoms with Crippen LogP contribution in [0.15, 0.2) is 24.3 Å². The summed E-state index contributed by atoms with van der Waals surface area (Å²) in [6.07, 6.45) is 3.24. The van der Waals surface area contributed by atoms with E-state index in [1.807, 2.05) is 43.1 Å². The quantitative estimate of drug-likeness (QED) is 0.923. The van der Waals surface area contributed by atoms with Gasteiger partial charge in [-0.25, -0.2) is 0 Å². The topological polar surface area (TPSA) is 32.3 Å². The van der Waals surface area contributed by atoms with Crippen molar-refractivity contribution in [3.05, 3.63) is 34.9 Å². The summed E-state index contributed by atoms with van der Waals surface area (Å²) in [7, 11) is 1.87. The van der Waals surface area contributed by atoms with Crippen molar-refractivity contribution in [2.45, 2.75) is 38.3 Å². The van der Waals surface area contributed by atoms with Gasteiger partial charge in [0.1, 0.15) is 0 Å². The molecule has 1 N–H and O–H groups in total. The molecule has 0 spiro atoms.